The van der Waals surface area contributed by atoms with E-state index in [1.54, 1.807) is 0 Å². The number of rotatable bonds is 2. The Labute approximate surface area is 87.2 Å². The largest absolute Gasteiger partial charge is 0.491 e. The minimum atomic E-state index is -0.656. The first-order valence-electron chi connectivity index (χ1n) is 4.99. The standard InChI is InChI=1S/C11H13F2NO/c1-15-11-8(12)5-4-7(10(11)13)9-3-2-6-14-9/h4-5,9,14H,2-3,6H2,1H3. The van der Waals surface area contributed by atoms with Gasteiger partial charge in [0, 0.05) is 11.6 Å². The topological polar surface area (TPSA) is 21.3 Å². The highest BCUT2D eigenvalue weighted by Crippen LogP contribution is 2.31. The van der Waals surface area contributed by atoms with E-state index >= 15 is 0 Å². The molecule has 0 aliphatic carbocycles. The van der Waals surface area contributed by atoms with Crippen molar-refractivity contribution in [2.75, 3.05) is 13.7 Å². The first kappa shape index (κ1) is 10.4. The van der Waals surface area contributed by atoms with Crippen LogP contribution in [0, 0.1) is 11.6 Å². The minimum absolute atomic E-state index is 0.0144. The maximum absolute atomic E-state index is 13.8. The van der Waals surface area contributed by atoms with Gasteiger partial charge in [-0.3, -0.25) is 0 Å². The maximum atomic E-state index is 13.8. The van der Waals surface area contributed by atoms with E-state index in [0.717, 1.165) is 19.4 Å². The molecule has 2 rings (SSSR count). The first-order chi connectivity index (χ1) is 7.24. The van der Waals surface area contributed by atoms with Gasteiger partial charge in [0.2, 0.25) is 0 Å². The molecule has 1 aromatic carbocycles. The van der Waals surface area contributed by atoms with Gasteiger partial charge in [-0.05, 0) is 25.5 Å². The van der Waals surface area contributed by atoms with E-state index in [0.29, 0.717) is 5.56 Å². The maximum Gasteiger partial charge on any atom is 0.190 e. The van der Waals surface area contributed by atoms with Crippen LogP contribution in [0.5, 0.6) is 5.75 Å². The smallest absolute Gasteiger partial charge is 0.190 e. The fourth-order valence-electron chi connectivity index (χ4n) is 1.95. The van der Waals surface area contributed by atoms with Gasteiger partial charge in [0.25, 0.3) is 0 Å². The van der Waals surface area contributed by atoms with Gasteiger partial charge in [0.05, 0.1) is 7.11 Å². The minimum Gasteiger partial charge on any atom is -0.491 e. The average Bonchev–Trinajstić information content (AvgIpc) is 2.71. The molecule has 0 amide bonds. The third-order valence-corrected chi connectivity index (χ3v) is 2.72. The number of halogens is 2. The third-order valence-electron chi connectivity index (χ3n) is 2.72. The fourth-order valence-corrected chi connectivity index (χ4v) is 1.95. The number of nitrogens with one attached hydrogen (secondary N) is 1. The molecule has 1 N–H and O–H groups in total. The van der Waals surface area contributed by atoms with Gasteiger partial charge in [0.1, 0.15) is 0 Å². The Balaban J connectivity index is 2.39. The van der Waals surface area contributed by atoms with Crippen molar-refractivity contribution in [2.45, 2.75) is 18.9 Å². The zero-order valence-corrected chi connectivity index (χ0v) is 8.52. The van der Waals surface area contributed by atoms with Crippen molar-refractivity contribution in [3.8, 4) is 5.75 Å². The van der Waals surface area contributed by atoms with E-state index in [1.807, 2.05) is 0 Å². The van der Waals surface area contributed by atoms with Crippen LogP contribution in [0.2, 0.25) is 0 Å². The van der Waals surface area contributed by atoms with Crippen LogP contribution in [0.15, 0.2) is 12.1 Å². The van der Waals surface area contributed by atoms with E-state index in [2.05, 4.69) is 5.32 Å². The lowest BCUT2D eigenvalue weighted by Crippen LogP contribution is -2.15. The zero-order chi connectivity index (χ0) is 10.8. The van der Waals surface area contributed by atoms with Crippen LogP contribution in [-0.4, -0.2) is 13.7 Å². The summed E-state index contributed by atoms with van der Waals surface area (Å²) < 4.78 is 31.6. The summed E-state index contributed by atoms with van der Waals surface area (Å²) in [4.78, 5) is 0. The Morgan fingerprint density at radius 3 is 2.80 bits per heavy atom. The Kier molecular flexibility index (Phi) is 2.86. The molecule has 15 heavy (non-hydrogen) atoms. The molecule has 1 aliphatic rings. The van der Waals surface area contributed by atoms with Crippen LogP contribution < -0.4 is 10.1 Å². The molecule has 0 bridgehead atoms. The van der Waals surface area contributed by atoms with Crippen LogP contribution in [0.4, 0.5) is 8.78 Å². The number of methoxy groups -OCH3 is 1. The normalized spacial score (nSPS) is 20.6. The van der Waals surface area contributed by atoms with E-state index in [1.165, 1.54) is 19.2 Å². The van der Waals surface area contributed by atoms with Crippen LogP contribution in [-0.2, 0) is 0 Å². The van der Waals surface area contributed by atoms with Gasteiger partial charge in [-0.15, -0.1) is 0 Å². The van der Waals surface area contributed by atoms with Gasteiger partial charge in [-0.2, -0.15) is 0 Å². The second kappa shape index (κ2) is 4.14. The summed E-state index contributed by atoms with van der Waals surface area (Å²) in [7, 11) is 1.27. The summed E-state index contributed by atoms with van der Waals surface area (Å²) in [6, 6.07) is 2.72. The van der Waals surface area contributed by atoms with Gasteiger partial charge in [-0.25, -0.2) is 8.78 Å². The fraction of sp³-hybridized carbons (Fsp3) is 0.455. The highest BCUT2D eigenvalue weighted by Gasteiger charge is 2.23. The molecule has 0 spiro atoms. The molecule has 1 unspecified atom stereocenters. The highest BCUT2D eigenvalue weighted by molar-refractivity contribution is 5.34. The molecular weight excluding hydrogens is 200 g/mol. The van der Waals surface area contributed by atoms with Crippen molar-refractivity contribution in [3.63, 3.8) is 0 Å². The monoisotopic (exact) mass is 213 g/mol. The molecule has 82 valence electrons. The molecule has 1 saturated heterocycles. The zero-order valence-electron chi connectivity index (χ0n) is 8.52. The molecule has 1 aliphatic heterocycles. The van der Waals surface area contributed by atoms with E-state index in [4.69, 9.17) is 4.74 Å². The summed E-state index contributed by atoms with van der Waals surface area (Å²) in [5.74, 6) is -1.53. The van der Waals surface area contributed by atoms with E-state index in [-0.39, 0.29) is 11.8 Å². The van der Waals surface area contributed by atoms with Gasteiger partial charge in [-0.1, -0.05) is 6.07 Å². The summed E-state index contributed by atoms with van der Waals surface area (Å²) in [6.07, 6.45) is 1.90. The van der Waals surface area contributed by atoms with Crippen molar-refractivity contribution >= 4 is 0 Å². The Hall–Kier alpha value is -1.16. The van der Waals surface area contributed by atoms with Crippen molar-refractivity contribution in [1.82, 2.24) is 5.32 Å². The number of ether oxygens (including phenoxy) is 1. The molecule has 0 saturated carbocycles. The Bertz CT molecular complexity index is 362. The van der Waals surface area contributed by atoms with E-state index in [9.17, 15) is 8.78 Å². The molecule has 0 radical (unpaired) electrons. The third kappa shape index (κ3) is 1.81. The lowest BCUT2D eigenvalue weighted by atomic mass is 10.0. The van der Waals surface area contributed by atoms with Crippen LogP contribution in [0.25, 0.3) is 0 Å². The lowest BCUT2D eigenvalue weighted by Gasteiger charge is -2.14. The Morgan fingerprint density at radius 2 is 2.20 bits per heavy atom. The SMILES string of the molecule is COc1c(F)ccc(C2CCCN2)c1F. The van der Waals surface area contributed by atoms with Crippen molar-refractivity contribution in [2.24, 2.45) is 0 Å². The van der Waals surface area contributed by atoms with Crippen LogP contribution in [0.3, 0.4) is 0 Å². The van der Waals surface area contributed by atoms with Crippen molar-refractivity contribution in [1.29, 1.82) is 0 Å². The summed E-state index contributed by atoms with van der Waals surface area (Å²) in [6.45, 7) is 0.879. The van der Waals surface area contributed by atoms with Crippen molar-refractivity contribution < 1.29 is 13.5 Å². The first-order valence-corrected chi connectivity index (χ1v) is 4.99. The number of hydrogen-bond donors (Lipinski definition) is 1. The number of benzene rings is 1. The molecule has 1 atom stereocenters. The van der Waals surface area contributed by atoms with Gasteiger partial charge in [0.15, 0.2) is 17.4 Å². The van der Waals surface area contributed by atoms with Crippen LogP contribution >= 0.6 is 0 Å². The molecule has 2 nitrogen and oxygen atoms in total. The molecule has 0 aromatic heterocycles. The quantitative estimate of drug-likeness (QED) is 0.814. The molecule has 4 heteroatoms. The second-order valence-electron chi connectivity index (χ2n) is 3.63. The van der Waals surface area contributed by atoms with Crippen molar-refractivity contribution in [3.05, 3.63) is 29.3 Å². The number of hydrogen-bond acceptors (Lipinski definition) is 2. The predicted molar refractivity (Wildman–Crippen MR) is 52.9 cm³/mol. The average molecular weight is 213 g/mol. The molecule has 1 aromatic rings. The van der Waals surface area contributed by atoms with Gasteiger partial charge >= 0.3 is 0 Å². The summed E-state index contributed by atoms with van der Waals surface area (Å²) in [5, 5.41) is 3.17. The Morgan fingerprint density at radius 1 is 1.40 bits per heavy atom. The molecule has 1 heterocycles. The van der Waals surface area contributed by atoms with Gasteiger partial charge < -0.3 is 10.1 Å². The molecule has 1 fully saturated rings. The highest BCUT2D eigenvalue weighted by atomic mass is 19.1. The van der Waals surface area contributed by atoms with E-state index < -0.39 is 11.6 Å². The summed E-state index contributed by atoms with van der Waals surface area (Å²) >= 11 is 0. The molecular formula is C11H13F2NO. The predicted octanol–water partition coefficient (Wildman–Crippen LogP) is 2.40. The lowest BCUT2D eigenvalue weighted by molar-refractivity contribution is 0.355. The van der Waals surface area contributed by atoms with Crippen LogP contribution in [0.1, 0.15) is 24.4 Å². The summed E-state index contributed by atoms with van der Waals surface area (Å²) in [5.41, 5.74) is 0.491. The second-order valence-corrected chi connectivity index (χ2v) is 3.63.